The monoisotopic (exact) mass is 1970 g/mol. The maximum absolute atomic E-state index is 14.4. The molecule has 6 aliphatic carbocycles. The third kappa shape index (κ3) is 18.3. The summed E-state index contributed by atoms with van der Waals surface area (Å²) < 4.78 is 92.4. The summed E-state index contributed by atoms with van der Waals surface area (Å²) in [5, 5.41) is 20.6. The van der Waals surface area contributed by atoms with Gasteiger partial charge in [-0.2, -0.15) is 24.8 Å². The van der Waals surface area contributed by atoms with E-state index in [-0.39, 0.29) is 123 Å². The quantitative estimate of drug-likeness (QED) is 0.129. The van der Waals surface area contributed by atoms with E-state index in [0.29, 0.717) is 90.2 Å². The molecule has 2 atom stereocenters. The van der Waals surface area contributed by atoms with E-state index in [1.54, 1.807) is 36.1 Å². The first-order chi connectivity index (χ1) is 68.3. The molecule has 2 unspecified atom stereocenters. The third-order valence-electron chi connectivity index (χ3n) is 32.7. The van der Waals surface area contributed by atoms with Crippen molar-refractivity contribution in [1.29, 1.82) is 0 Å². The molecule has 26 rings (SSSR count). The lowest BCUT2D eigenvalue weighted by Crippen LogP contribution is -2.44. The number of carbonyl (C=O) groups is 4. The van der Waals surface area contributed by atoms with Crippen molar-refractivity contribution in [2.45, 2.75) is 396 Å². The number of rotatable bonds is 8. The molecule has 2 bridgehead atoms. The number of fused-ring (bicyclic) bond motifs is 28. The number of hydrogen-bond acceptors (Lipinski definition) is 12. The fourth-order valence-electron chi connectivity index (χ4n) is 25.0. The van der Waals surface area contributed by atoms with Crippen LogP contribution in [0, 0.1) is 23.0 Å². The minimum absolute atomic E-state index is 0.0287. The van der Waals surface area contributed by atoms with E-state index in [1.165, 1.54) is 114 Å². The average molecular weight is 1970 g/mol. The van der Waals surface area contributed by atoms with Crippen LogP contribution in [0.3, 0.4) is 0 Å². The van der Waals surface area contributed by atoms with Crippen molar-refractivity contribution in [3.05, 3.63) is 205 Å². The van der Waals surface area contributed by atoms with Crippen LogP contribution in [0.2, 0.25) is 0 Å². The Kier molecular flexibility index (Phi) is 27.8. The van der Waals surface area contributed by atoms with Gasteiger partial charge in [-0.3, -0.25) is 38.4 Å². The summed E-state index contributed by atoms with van der Waals surface area (Å²) in [5.41, 5.74) is 18.1. The predicted molar refractivity (Wildman–Crippen MR) is 544 cm³/mol. The highest BCUT2D eigenvalue weighted by atomic mass is 19.3. The SMILES string of the molecule is CC(C)N1CCn2c(cc3c2C2CCC3C2)C1=O.CC(C)N1CCn2c(cc3c2CC(F)(F)CC3)C1=O.CC(C)N1CCn2c(cc3c2CC2(CC2)C3)C1=O.CC(C)N1CCn2c3c(c(F)c2C1=O)CCCC3.CC(C)n1ncc2c(c(F)c3n2CCCC3)c1=O.CC(C)n1ncc2c(cc3n2CCCC3)c1=O.CC(C)n1ncc2c3n(c(F)c2c1=O)CCCC3.CC(C)n1ncc2c3n(cc2c1=O)CCCC3. The van der Waals surface area contributed by atoms with Crippen LogP contribution in [0.25, 0.3) is 43.4 Å². The number of aryl methyl sites for hydroxylation is 7. The summed E-state index contributed by atoms with van der Waals surface area (Å²) >= 11 is 0. The van der Waals surface area contributed by atoms with E-state index >= 15 is 0 Å². The number of carbonyl (C=O) groups excluding carboxylic acids is 4. The van der Waals surface area contributed by atoms with E-state index in [1.807, 2.05) is 131 Å². The maximum atomic E-state index is 14.4. The third-order valence-corrected chi connectivity index (χ3v) is 32.7. The van der Waals surface area contributed by atoms with Gasteiger partial charge in [0.05, 0.1) is 82.9 Å². The van der Waals surface area contributed by atoms with E-state index in [2.05, 4.69) is 84.6 Å². The highest BCUT2D eigenvalue weighted by Crippen LogP contribution is 2.57. The van der Waals surface area contributed by atoms with Gasteiger partial charge in [0.1, 0.15) is 33.5 Å². The summed E-state index contributed by atoms with van der Waals surface area (Å²) in [7, 11) is 0. The predicted octanol–water partition coefficient (Wildman–Crippen LogP) is 18.5. The van der Waals surface area contributed by atoms with Crippen LogP contribution < -0.4 is 22.2 Å². The van der Waals surface area contributed by atoms with Crippen molar-refractivity contribution in [1.82, 2.24) is 95.3 Å². The molecular weight excluding hydrogens is 1820 g/mol. The summed E-state index contributed by atoms with van der Waals surface area (Å²) in [4.78, 5) is 106. The van der Waals surface area contributed by atoms with Crippen molar-refractivity contribution >= 4 is 67.0 Å². The smallest absolute Gasteiger partial charge is 0.279 e. The summed E-state index contributed by atoms with van der Waals surface area (Å²) in [6, 6.07) is 9.28. The Hall–Kier alpha value is -11.7. The fourth-order valence-corrected chi connectivity index (χ4v) is 25.0. The molecule has 0 N–H and O–H groups in total. The van der Waals surface area contributed by atoms with E-state index in [9.17, 15) is 60.3 Å². The maximum Gasteiger partial charge on any atom is 0.279 e. The van der Waals surface area contributed by atoms with Gasteiger partial charge in [-0.05, 0) is 317 Å². The Morgan fingerprint density at radius 2 is 0.811 bits per heavy atom. The average Bonchev–Trinajstić information content (AvgIpc) is 1.56. The molecule has 0 saturated heterocycles. The van der Waals surface area contributed by atoms with Gasteiger partial charge in [0.15, 0.2) is 11.6 Å². The fraction of sp³-hybridized carbons (Fsp3) is 0.600. The Balaban J connectivity index is 0.000000104. The van der Waals surface area contributed by atoms with Crippen LogP contribution >= 0.6 is 0 Å². The summed E-state index contributed by atoms with van der Waals surface area (Å²) in [5.74, 6) is -1.79. The normalized spacial score (nSPS) is 19.4. The zero-order chi connectivity index (χ0) is 101. The first-order valence-electron chi connectivity index (χ1n) is 53.3. The number of halogens is 5. The molecule has 2 saturated carbocycles. The van der Waals surface area contributed by atoms with Gasteiger partial charge in [-0.15, -0.1) is 0 Å². The molecule has 143 heavy (non-hydrogen) atoms. The van der Waals surface area contributed by atoms with Crippen molar-refractivity contribution in [3.8, 4) is 0 Å². The highest BCUT2D eigenvalue weighted by Gasteiger charge is 2.50. The number of aromatic nitrogens is 16. The second-order valence-electron chi connectivity index (χ2n) is 44.6. The van der Waals surface area contributed by atoms with Crippen molar-refractivity contribution in [2.24, 2.45) is 5.41 Å². The highest BCUT2D eigenvalue weighted by molar-refractivity contribution is 5.97. The number of alkyl halides is 2. The zero-order valence-corrected chi connectivity index (χ0v) is 86.4. The Morgan fingerprint density at radius 1 is 0.343 bits per heavy atom. The lowest BCUT2D eigenvalue weighted by molar-refractivity contribution is -0.0144. The lowest BCUT2D eigenvalue weighted by atomic mass is 9.94. The molecular formula is C110H143F5N20O8. The second kappa shape index (κ2) is 39.7. The van der Waals surface area contributed by atoms with Gasteiger partial charge in [0.2, 0.25) is 5.95 Å². The van der Waals surface area contributed by atoms with Crippen LogP contribution in [0.1, 0.15) is 359 Å². The summed E-state index contributed by atoms with van der Waals surface area (Å²) in [6.45, 7) is 41.6. The number of nitrogens with zero attached hydrogens (tertiary/aromatic N) is 20. The lowest BCUT2D eigenvalue weighted by Gasteiger charge is -2.33. The first kappa shape index (κ1) is 100. The largest absolute Gasteiger partial charge is 0.350 e. The van der Waals surface area contributed by atoms with Gasteiger partial charge < -0.3 is 56.1 Å². The molecule has 33 heteroatoms. The standard InChI is InChI=1S/2C15H20N2O.C14H18F2N2O.C14H19FN2O.2C13H16FN3O.2C13H17N3O/c1-10(2)16-5-6-17-12(14(16)18)7-11-8-15(3-4-15)9-13(11)17;1-9(2)16-5-6-17-13(15(16)18)8-12-10-3-4-11(7-10)14(12)17;1-9(2)17-5-6-18-11(13(17)19)7-10-3-4-14(15,16)8-12(10)18;1-9(2)16-7-8-17-11-6-4-3-5-10(11)12(15)13(17)14(16)18;1-8(2)17-13(18)11-9(7-15-17)10-5-3-4-6-16(10)12(11)14;1-8(2)17-13(18)11-10(7-15-17)16-6-4-3-5-9(16)12(11)14;1-9(2)16-13(17)11-8-15-6-4-3-5-12(15)10(11)7-14-16;1-9(2)16-13(17)11-7-10-5-3-4-6-15(10)12(11)8-14-16/h7,10H,3-6,8-9H2,1-2H3;8-11H,3-7H2,1-2H3;7,9H,3-6,8H2,1-2H3;9H,3-8H2,1-2H3;2*7-8H,3-6H2,1-2H3;2*7-9H,3-6H2,1-2H3. The molecule has 8 aliphatic heterocycles. The molecule has 0 aromatic carbocycles. The summed E-state index contributed by atoms with van der Waals surface area (Å²) in [6.07, 6.45) is 34.6. The number of amides is 4. The molecule has 1 spiro atoms. The Bertz CT molecular complexity index is 6980. The van der Waals surface area contributed by atoms with Crippen LogP contribution in [0.4, 0.5) is 22.0 Å². The van der Waals surface area contributed by atoms with Gasteiger partial charge in [0, 0.05) is 177 Å². The van der Waals surface area contributed by atoms with Crippen LogP contribution in [0.5, 0.6) is 0 Å². The molecule has 0 radical (unpaired) electrons. The van der Waals surface area contributed by atoms with Crippen LogP contribution in [-0.2, 0) is 117 Å². The molecule has 4 amide bonds. The van der Waals surface area contributed by atoms with Gasteiger partial charge in [0.25, 0.3) is 51.8 Å². The van der Waals surface area contributed by atoms with Gasteiger partial charge in [-0.25, -0.2) is 36.3 Å². The molecule has 766 valence electrons. The van der Waals surface area contributed by atoms with Crippen molar-refractivity contribution < 1.29 is 41.1 Å². The van der Waals surface area contributed by atoms with Crippen LogP contribution in [0.15, 0.2) is 74.4 Å². The molecule has 14 aliphatic rings. The zero-order valence-electron chi connectivity index (χ0n) is 86.4. The van der Waals surface area contributed by atoms with E-state index in [0.717, 1.165) is 190 Å². The van der Waals surface area contributed by atoms with Crippen molar-refractivity contribution in [2.75, 3.05) is 26.2 Å². The number of hydrogen-bond donors (Lipinski definition) is 0. The van der Waals surface area contributed by atoms with Crippen molar-refractivity contribution in [3.63, 3.8) is 0 Å². The van der Waals surface area contributed by atoms with Crippen LogP contribution in [-0.4, -0.2) is 175 Å². The van der Waals surface area contributed by atoms with Gasteiger partial charge in [-0.1, -0.05) is 0 Å². The minimum Gasteiger partial charge on any atom is -0.350 e. The van der Waals surface area contributed by atoms with E-state index < -0.39 is 5.92 Å². The van der Waals surface area contributed by atoms with E-state index in [4.69, 9.17) is 0 Å². The second-order valence-corrected chi connectivity index (χ2v) is 44.6. The molecule has 12 aromatic rings. The molecule has 2 fully saturated rings. The first-order valence-corrected chi connectivity index (χ1v) is 53.3. The molecule has 20 heterocycles. The minimum atomic E-state index is -2.62. The Morgan fingerprint density at radius 3 is 1.41 bits per heavy atom. The Labute approximate surface area is 831 Å². The topological polar surface area (TPSA) is 260 Å². The van der Waals surface area contributed by atoms with Gasteiger partial charge >= 0.3 is 0 Å². The molecule has 28 nitrogen and oxygen atoms in total. The molecule has 12 aromatic heterocycles.